The molecule has 2 heterocycles. The molecule has 2 aromatic carbocycles. The number of benzene rings is 2. The maximum atomic E-state index is 12.5. The third kappa shape index (κ3) is 3.63. The van der Waals surface area contributed by atoms with Gasteiger partial charge >= 0.3 is 0 Å². The highest BCUT2D eigenvalue weighted by Crippen LogP contribution is 2.23. The van der Waals surface area contributed by atoms with E-state index in [1.807, 2.05) is 24.3 Å². The van der Waals surface area contributed by atoms with E-state index in [1.54, 1.807) is 0 Å². The van der Waals surface area contributed by atoms with E-state index in [2.05, 4.69) is 39.4 Å². The molecule has 1 N–H and O–H groups in total. The van der Waals surface area contributed by atoms with Gasteiger partial charge in [0.25, 0.3) is 5.91 Å². The summed E-state index contributed by atoms with van der Waals surface area (Å²) in [5, 5.41) is 2.99. The van der Waals surface area contributed by atoms with Gasteiger partial charge in [0.2, 0.25) is 0 Å². The monoisotopic (exact) mass is 335 g/mol. The van der Waals surface area contributed by atoms with Crippen LogP contribution in [0, 0.1) is 0 Å². The Hall–Kier alpha value is -2.49. The predicted octanol–water partition coefficient (Wildman–Crippen LogP) is 4.14. The first-order valence-electron chi connectivity index (χ1n) is 9.31. The maximum Gasteiger partial charge on any atom is 0.255 e. The van der Waals surface area contributed by atoms with Crippen LogP contribution in [0.25, 0.3) is 0 Å². The zero-order valence-electron chi connectivity index (χ0n) is 14.6. The number of hydrogen-bond acceptors (Lipinski definition) is 3. The Morgan fingerprint density at radius 3 is 1.60 bits per heavy atom. The van der Waals surface area contributed by atoms with Gasteiger partial charge in [0.05, 0.1) is 0 Å². The summed E-state index contributed by atoms with van der Waals surface area (Å²) in [6, 6.07) is 16.1. The minimum atomic E-state index is -0.0538. The molecule has 0 aromatic heterocycles. The number of carbonyl (C=O) groups is 1. The lowest BCUT2D eigenvalue weighted by Crippen LogP contribution is -2.18. The zero-order valence-corrected chi connectivity index (χ0v) is 14.6. The lowest BCUT2D eigenvalue weighted by molar-refractivity contribution is 0.102. The van der Waals surface area contributed by atoms with Gasteiger partial charge in [-0.2, -0.15) is 0 Å². The van der Waals surface area contributed by atoms with Crippen LogP contribution in [-0.4, -0.2) is 32.1 Å². The van der Waals surface area contributed by atoms with Crippen molar-refractivity contribution in [3.63, 3.8) is 0 Å². The molecule has 25 heavy (non-hydrogen) atoms. The van der Waals surface area contributed by atoms with E-state index in [0.29, 0.717) is 5.56 Å². The molecule has 0 bridgehead atoms. The Bertz CT molecular complexity index is 712. The Morgan fingerprint density at radius 1 is 0.680 bits per heavy atom. The highest BCUT2D eigenvalue weighted by Gasteiger charge is 2.14. The van der Waals surface area contributed by atoms with Crippen molar-refractivity contribution in [2.45, 2.75) is 25.7 Å². The van der Waals surface area contributed by atoms with E-state index < -0.39 is 0 Å². The van der Waals surface area contributed by atoms with E-state index in [9.17, 15) is 4.79 Å². The first kappa shape index (κ1) is 16.0. The Labute approximate surface area is 149 Å². The number of hydrogen-bond donors (Lipinski definition) is 1. The number of rotatable bonds is 4. The molecule has 0 atom stereocenters. The average molecular weight is 335 g/mol. The molecule has 4 rings (SSSR count). The van der Waals surface area contributed by atoms with Crippen LogP contribution < -0.4 is 15.1 Å². The minimum absolute atomic E-state index is 0.0538. The summed E-state index contributed by atoms with van der Waals surface area (Å²) in [5.74, 6) is -0.0538. The fourth-order valence-electron chi connectivity index (χ4n) is 3.73. The summed E-state index contributed by atoms with van der Waals surface area (Å²) in [6.45, 7) is 4.51. The standard InChI is InChI=1S/C21H25N3O/c25-21(17-5-9-19(10-6-17)23-13-1-2-14-23)22-18-7-11-20(12-8-18)24-15-3-4-16-24/h5-12H,1-4,13-16H2,(H,22,25). The minimum Gasteiger partial charge on any atom is -0.372 e. The van der Waals surface area contributed by atoms with E-state index in [0.717, 1.165) is 31.9 Å². The highest BCUT2D eigenvalue weighted by atomic mass is 16.1. The van der Waals surface area contributed by atoms with Gasteiger partial charge in [-0.05, 0) is 74.2 Å². The summed E-state index contributed by atoms with van der Waals surface area (Å²) in [5.41, 5.74) is 4.00. The van der Waals surface area contributed by atoms with Gasteiger partial charge in [-0.25, -0.2) is 0 Å². The summed E-state index contributed by atoms with van der Waals surface area (Å²) in [4.78, 5) is 17.2. The van der Waals surface area contributed by atoms with Crippen LogP contribution in [0.15, 0.2) is 48.5 Å². The Morgan fingerprint density at radius 2 is 1.12 bits per heavy atom. The number of nitrogens with one attached hydrogen (secondary N) is 1. The first-order chi connectivity index (χ1) is 12.3. The molecule has 0 saturated carbocycles. The largest absolute Gasteiger partial charge is 0.372 e. The summed E-state index contributed by atoms with van der Waals surface area (Å²) >= 11 is 0. The second-order valence-corrected chi connectivity index (χ2v) is 6.94. The molecule has 2 aliphatic rings. The van der Waals surface area contributed by atoms with E-state index in [-0.39, 0.29) is 5.91 Å². The van der Waals surface area contributed by atoms with Crippen molar-refractivity contribution >= 4 is 23.0 Å². The van der Waals surface area contributed by atoms with Crippen LogP contribution in [0.3, 0.4) is 0 Å². The van der Waals surface area contributed by atoms with Crippen LogP contribution in [0.4, 0.5) is 17.1 Å². The second-order valence-electron chi connectivity index (χ2n) is 6.94. The van der Waals surface area contributed by atoms with Gasteiger partial charge in [0.1, 0.15) is 0 Å². The molecule has 1 amide bonds. The van der Waals surface area contributed by atoms with Crippen molar-refractivity contribution in [3.8, 4) is 0 Å². The van der Waals surface area contributed by atoms with E-state index in [1.165, 1.54) is 37.1 Å². The van der Waals surface area contributed by atoms with Gasteiger partial charge in [-0.15, -0.1) is 0 Å². The quantitative estimate of drug-likeness (QED) is 0.912. The highest BCUT2D eigenvalue weighted by molar-refractivity contribution is 6.04. The summed E-state index contributed by atoms with van der Waals surface area (Å²) in [7, 11) is 0. The van der Waals surface area contributed by atoms with Crippen LogP contribution in [0.2, 0.25) is 0 Å². The number of nitrogens with zero attached hydrogens (tertiary/aromatic N) is 2. The number of carbonyl (C=O) groups excluding carboxylic acids is 1. The number of amides is 1. The maximum absolute atomic E-state index is 12.5. The van der Waals surface area contributed by atoms with Gasteiger partial charge < -0.3 is 15.1 Å². The topological polar surface area (TPSA) is 35.6 Å². The van der Waals surface area contributed by atoms with Crippen molar-refractivity contribution in [3.05, 3.63) is 54.1 Å². The fraction of sp³-hybridized carbons (Fsp3) is 0.381. The van der Waals surface area contributed by atoms with Crippen LogP contribution >= 0.6 is 0 Å². The Kier molecular flexibility index (Phi) is 4.59. The predicted molar refractivity (Wildman–Crippen MR) is 104 cm³/mol. The molecule has 4 heteroatoms. The lowest BCUT2D eigenvalue weighted by atomic mass is 10.1. The molecule has 2 fully saturated rings. The molecule has 4 nitrogen and oxygen atoms in total. The van der Waals surface area contributed by atoms with Crippen molar-refractivity contribution in [2.75, 3.05) is 41.3 Å². The van der Waals surface area contributed by atoms with Gasteiger partial charge in [-0.1, -0.05) is 0 Å². The second kappa shape index (κ2) is 7.18. The molecule has 0 spiro atoms. The van der Waals surface area contributed by atoms with Crippen molar-refractivity contribution in [1.82, 2.24) is 0 Å². The molecule has 2 aliphatic heterocycles. The molecular formula is C21H25N3O. The molecule has 130 valence electrons. The zero-order chi connectivity index (χ0) is 17.1. The van der Waals surface area contributed by atoms with Crippen LogP contribution in [0.5, 0.6) is 0 Å². The van der Waals surface area contributed by atoms with Crippen LogP contribution in [0.1, 0.15) is 36.0 Å². The van der Waals surface area contributed by atoms with Gasteiger partial charge in [-0.3, -0.25) is 4.79 Å². The third-order valence-corrected chi connectivity index (χ3v) is 5.20. The molecule has 0 aliphatic carbocycles. The molecule has 0 unspecified atom stereocenters. The van der Waals surface area contributed by atoms with Crippen LogP contribution in [-0.2, 0) is 0 Å². The molecule has 2 aromatic rings. The SMILES string of the molecule is O=C(Nc1ccc(N2CCCC2)cc1)c1ccc(N2CCCC2)cc1. The Balaban J connectivity index is 1.39. The third-order valence-electron chi connectivity index (χ3n) is 5.20. The lowest BCUT2D eigenvalue weighted by Gasteiger charge is -2.18. The van der Waals surface area contributed by atoms with Gasteiger partial charge in [0, 0.05) is 48.8 Å². The van der Waals surface area contributed by atoms with E-state index >= 15 is 0 Å². The first-order valence-corrected chi connectivity index (χ1v) is 9.31. The fourth-order valence-corrected chi connectivity index (χ4v) is 3.73. The number of anilines is 3. The summed E-state index contributed by atoms with van der Waals surface area (Å²) in [6.07, 6.45) is 5.06. The summed E-state index contributed by atoms with van der Waals surface area (Å²) < 4.78 is 0. The average Bonchev–Trinajstić information content (AvgIpc) is 3.36. The molecular weight excluding hydrogens is 310 g/mol. The van der Waals surface area contributed by atoms with Crippen molar-refractivity contribution < 1.29 is 4.79 Å². The van der Waals surface area contributed by atoms with E-state index in [4.69, 9.17) is 0 Å². The van der Waals surface area contributed by atoms with Gasteiger partial charge in [0.15, 0.2) is 0 Å². The normalized spacial score (nSPS) is 17.1. The van der Waals surface area contributed by atoms with Crippen molar-refractivity contribution in [2.24, 2.45) is 0 Å². The molecule has 2 saturated heterocycles. The molecule has 0 radical (unpaired) electrons. The van der Waals surface area contributed by atoms with Crippen molar-refractivity contribution in [1.29, 1.82) is 0 Å². The smallest absolute Gasteiger partial charge is 0.255 e.